The van der Waals surface area contributed by atoms with Gasteiger partial charge in [0.2, 0.25) is 5.91 Å². The quantitative estimate of drug-likeness (QED) is 0.749. The van der Waals surface area contributed by atoms with Crippen LogP contribution >= 0.6 is 0 Å². The molecule has 0 radical (unpaired) electrons. The fourth-order valence-corrected chi connectivity index (χ4v) is 4.83. The van der Waals surface area contributed by atoms with Crippen molar-refractivity contribution in [2.75, 3.05) is 25.5 Å². The molecule has 5 heteroatoms. The van der Waals surface area contributed by atoms with E-state index in [0.29, 0.717) is 6.54 Å². The van der Waals surface area contributed by atoms with Crippen LogP contribution in [0, 0.1) is 5.92 Å². The maximum Gasteiger partial charge on any atom is 0.234 e. The Morgan fingerprint density at radius 1 is 1.29 bits per heavy atom. The van der Waals surface area contributed by atoms with Crippen LogP contribution in [0.15, 0.2) is 55.0 Å². The number of fused-ring (bicyclic) bond motifs is 2. The molecule has 2 atom stereocenters. The lowest BCUT2D eigenvalue weighted by Crippen LogP contribution is -2.54. The molecule has 0 bridgehead atoms. The third-order valence-corrected chi connectivity index (χ3v) is 6.57. The molecule has 1 aliphatic carbocycles. The maximum atomic E-state index is 13.3. The molecule has 3 aromatic rings. The van der Waals surface area contributed by atoms with Gasteiger partial charge in [-0.2, -0.15) is 0 Å². The molecule has 0 saturated heterocycles. The van der Waals surface area contributed by atoms with E-state index in [9.17, 15) is 4.79 Å². The van der Waals surface area contributed by atoms with Gasteiger partial charge in [-0.05, 0) is 55.3 Å². The number of carbonyl (C=O) groups excluding carboxylic acids is 1. The number of benzene rings is 1. The lowest BCUT2D eigenvalue weighted by molar-refractivity contribution is -0.121. The van der Waals surface area contributed by atoms with Gasteiger partial charge in [0.15, 0.2) is 0 Å². The Balaban J connectivity index is 1.60. The Bertz CT molecular complexity index is 1100. The fraction of sp³-hybridized carbons (Fsp3) is 0.304. The number of H-pyrrole nitrogens is 1. The van der Waals surface area contributed by atoms with Gasteiger partial charge in [-0.1, -0.05) is 18.2 Å². The minimum absolute atomic E-state index is 0.102. The van der Waals surface area contributed by atoms with E-state index in [4.69, 9.17) is 0 Å². The summed E-state index contributed by atoms with van der Waals surface area (Å²) in [4.78, 5) is 24.8. The van der Waals surface area contributed by atoms with Crippen molar-refractivity contribution >= 4 is 28.1 Å². The van der Waals surface area contributed by atoms with E-state index in [-0.39, 0.29) is 17.4 Å². The van der Waals surface area contributed by atoms with Crippen LogP contribution in [0.2, 0.25) is 0 Å². The lowest BCUT2D eigenvalue weighted by atomic mass is 9.71. The second-order valence-electron chi connectivity index (χ2n) is 8.16. The normalized spacial score (nSPS) is 24.0. The highest BCUT2D eigenvalue weighted by molar-refractivity contribution is 6.02. The second kappa shape index (κ2) is 6.04. The van der Waals surface area contributed by atoms with Crippen molar-refractivity contribution in [2.45, 2.75) is 18.9 Å². The molecule has 1 aliphatic heterocycles. The van der Waals surface area contributed by atoms with Gasteiger partial charge >= 0.3 is 0 Å². The molecule has 5 nitrogen and oxygen atoms in total. The molecule has 142 valence electrons. The lowest BCUT2D eigenvalue weighted by Gasteiger charge is -2.48. The average Bonchev–Trinajstić information content (AvgIpc) is 3.12. The van der Waals surface area contributed by atoms with Gasteiger partial charge in [0.1, 0.15) is 0 Å². The Labute approximate surface area is 164 Å². The van der Waals surface area contributed by atoms with E-state index in [1.165, 1.54) is 27.6 Å². The van der Waals surface area contributed by atoms with E-state index in [1.807, 2.05) is 19.2 Å². The van der Waals surface area contributed by atoms with Crippen molar-refractivity contribution in [3.8, 4) is 0 Å². The first-order valence-electron chi connectivity index (χ1n) is 9.69. The van der Waals surface area contributed by atoms with Crippen LogP contribution in [-0.2, 0) is 11.2 Å². The number of anilines is 1. The summed E-state index contributed by atoms with van der Waals surface area (Å²) in [6.45, 7) is 3.00. The number of nitrogens with zero attached hydrogens (tertiary/aromatic N) is 3. The predicted octanol–water partition coefficient (Wildman–Crippen LogP) is 3.49. The van der Waals surface area contributed by atoms with Gasteiger partial charge in [0.25, 0.3) is 0 Å². The molecule has 28 heavy (non-hydrogen) atoms. The van der Waals surface area contributed by atoms with Crippen LogP contribution in [0.25, 0.3) is 16.5 Å². The van der Waals surface area contributed by atoms with Crippen LogP contribution in [-0.4, -0.2) is 47.0 Å². The van der Waals surface area contributed by atoms with Crippen LogP contribution in [0.1, 0.15) is 18.1 Å². The summed E-state index contributed by atoms with van der Waals surface area (Å²) in [6, 6.07) is 10.2. The molecule has 0 saturated carbocycles. The standard InChI is InChI=1S/C23H24N4O/c1-23-12-16-13-25-20-6-4-5-18(21(16)20)19(23)11-15(14-26(23)2)22(28)27(3)17-7-9-24-10-8-17/h4-11,13,15,25H,12,14H2,1-3H3/t15-,23-/m1/s1. The summed E-state index contributed by atoms with van der Waals surface area (Å²) in [6.07, 6.45) is 8.74. The van der Waals surface area contributed by atoms with E-state index in [0.717, 1.165) is 12.1 Å². The molecule has 1 N–H and O–H groups in total. The van der Waals surface area contributed by atoms with Crippen molar-refractivity contribution in [1.29, 1.82) is 0 Å². The molecule has 3 heterocycles. The summed E-state index contributed by atoms with van der Waals surface area (Å²) >= 11 is 0. The number of rotatable bonds is 2. The highest BCUT2D eigenvalue weighted by atomic mass is 16.2. The predicted molar refractivity (Wildman–Crippen MR) is 112 cm³/mol. The van der Waals surface area contributed by atoms with E-state index in [1.54, 1.807) is 17.3 Å². The molecule has 2 aromatic heterocycles. The Kier molecular flexibility index (Phi) is 3.71. The van der Waals surface area contributed by atoms with Crippen molar-refractivity contribution in [3.05, 3.63) is 66.1 Å². The first kappa shape index (κ1) is 17.2. The zero-order valence-corrected chi connectivity index (χ0v) is 16.4. The third kappa shape index (κ3) is 2.36. The summed E-state index contributed by atoms with van der Waals surface area (Å²) < 4.78 is 0. The summed E-state index contributed by atoms with van der Waals surface area (Å²) in [5.41, 5.74) is 5.80. The number of pyridine rings is 1. The molecule has 1 aromatic carbocycles. The number of likely N-dealkylation sites (N-methyl/N-ethyl adjacent to an activating group) is 1. The molecular weight excluding hydrogens is 348 g/mol. The smallest absolute Gasteiger partial charge is 0.234 e. The SMILES string of the molecule is CN(C(=O)[C@@H]1C=C2c3cccc4[nH]cc(c34)C[C@@]2(C)N(C)C1)c1ccncc1. The molecule has 0 fully saturated rings. The second-order valence-corrected chi connectivity index (χ2v) is 8.16. The minimum atomic E-state index is -0.179. The summed E-state index contributed by atoms with van der Waals surface area (Å²) in [7, 11) is 3.98. The first-order chi connectivity index (χ1) is 13.5. The Hall–Kier alpha value is -2.92. The van der Waals surface area contributed by atoms with E-state index in [2.05, 4.69) is 59.3 Å². The van der Waals surface area contributed by atoms with Crippen molar-refractivity contribution in [3.63, 3.8) is 0 Å². The molecular formula is C23H24N4O. The molecule has 5 rings (SSSR count). The van der Waals surface area contributed by atoms with Gasteiger partial charge in [-0.15, -0.1) is 0 Å². The van der Waals surface area contributed by atoms with Gasteiger partial charge in [-0.25, -0.2) is 0 Å². The number of aromatic nitrogens is 2. The van der Waals surface area contributed by atoms with E-state index >= 15 is 0 Å². The van der Waals surface area contributed by atoms with Gasteiger partial charge in [-0.3, -0.25) is 14.7 Å². The average molecular weight is 372 g/mol. The topological polar surface area (TPSA) is 52.2 Å². The highest BCUT2D eigenvalue weighted by Crippen LogP contribution is 2.47. The number of aromatic amines is 1. The van der Waals surface area contributed by atoms with Crippen LogP contribution < -0.4 is 4.90 Å². The van der Waals surface area contributed by atoms with Gasteiger partial charge < -0.3 is 9.88 Å². The fourth-order valence-electron chi connectivity index (χ4n) is 4.83. The summed E-state index contributed by atoms with van der Waals surface area (Å²) in [5, 5.41) is 1.30. The number of carbonyl (C=O) groups is 1. The van der Waals surface area contributed by atoms with Gasteiger partial charge in [0.05, 0.1) is 5.92 Å². The zero-order valence-electron chi connectivity index (χ0n) is 16.4. The molecule has 2 aliphatic rings. The number of hydrogen-bond acceptors (Lipinski definition) is 3. The monoisotopic (exact) mass is 372 g/mol. The minimum Gasteiger partial charge on any atom is -0.361 e. The van der Waals surface area contributed by atoms with E-state index < -0.39 is 0 Å². The van der Waals surface area contributed by atoms with Crippen molar-refractivity contribution in [1.82, 2.24) is 14.9 Å². The van der Waals surface area contributed by atoms with Crippen LogP contribution in [0.3, 0.4) is 0 Å². The maximum absolute atomic E-state index is 13.3. The summed E-state index contributed by atoms with van der Waals surface area (Å²) in [5.74, 6) is -0.0679. The molecule has 0 unspecified atom stereocenters. The Morgan fingerprint density at radius 3 is 2.86 bits per heavy atom. The molecule has 1 amide bonds. The number of nitrogens with one attached hydrogen (secondary N) is 1. The zero-order chi connectivity index (χ0) is 19.5. The van der Waals surface area contributed by atoms with Gasteiger partial charge in [0, 0.05) is 54.3 Å². The number of hydrogen-bond donors (Lipinski definition) is 1. The first-order valence-corrected chi connectivity index (χ1v) is 9.69. The van der Waals surface area contributed by atoms with Crippen LogP contribution in [0.5, 0.6) is 0 Å². The third-order valence-electron chi connectivity index (χ3n) is 6.57. The largest absolute Gasteiger partial charge is 0.361 e. The highest BCUT2D eigenvalue weighted by Gasteiger charge is 2.44. The van der Waals surface area contributed by atoms with Crippen molar-refractivity contribution < 1.29 is 4.79 Å². The molecule has 0 spiro atoms. The Morgan fingerprint density at radius 2 is 2.07 bits per heavy atom. The number of amides is 1. The van der Waals surface area contributed by atoms with Crippen molar-refractivity contribution in [2.24, 2.45) is 5.92 Å². The van der Waals surface area contributed by atoms with Crippen LogP contribution in [0.4, 0.5) is 5.69 Å².